The van der Waals surface area contributed by atoms with Crippen molar-refractivity contribution in [1.82, 2.24) is 14.5 Å². The normalized spacial score (nSPS) is 13.2. The maximum absolute atomic E-state index is 13.2. The highest BCUT2D eigenvalue weighted by Crippen LogP contribution is 2.18. The van der Waals surface area contributed by atoms with Gasteiger partial charge in [0.1, 0.15) is 13.2 Å². The van der Waals surface area contributed by atoms with Crippen molar-refractivity contribution in [3.8, 4) is 11.3 Å². The first-order valence-electron chi connectivity index (χ1n) is 11.0. The van der Waals surface area contributed by atoms with Gasteiger partial charge in [-0.1, -0.05) is 60.7 Å². The molecule has 1 aliphatic heterocycles. The number of ether oxygens (including phenoxy) is 1. The van der Waals surface area contributed by atoms with E-state index in [1.54, 1.807) is 11.1 Å². The third-order valence-corrected chi connectivity index (χ3v) is 5.50. The van der Waals surface area contributed by atoms with Crippen LogP contribution < -0.4 is 10.9 Å². The number of hydrogen-bond acceptors (Lipinski definition) is 6. The Morgan fingerprint density at radius 2 is 1.76 bits per heavy atom. The number of carbonyl (C=O) groups is 2. The minimum absolute atomic E-state index is 0.128. The molecule has 0 spiro atoms. The van der Waals surface area contributed by atoms with Gasteiger partial charge in [0.25, 0.3) is 5.56 Å². The minimum Gasteiger partial charge on any atom is -0.459 e. The number of likely N-dealkylation sites (tertiary alicyclic amines) is 1. The lowest BCUT2D eigenvalue weighted by Crippen LogP contribution is -2.33. The Kier molecular flexibility index (Phi) is 7.14. The van der Waals surface area contributed by atoms with E-state index in [1.807, 2.05) is 60.7 Å². The summed E-state index contributed by atoms with van der Waals surface area (Å²) in [4.78, 5) is 43.7. The molecule has 0 saturated carbocycles. The Hall–Kier alpha value is -3.94. The monoisotopic (exact) mass is 446 g/mol. The zero-order chi connectivity index (χ0) is 23.0. The van der Waals surface area contributed by atoms with Crippen LogP contribution >= 0.6 is 0 Å². The molecule has 1 amide bonds. The van der Waals surface area contributed by atoms with E-state index < -0.39 is 11.5 Å². The molecule has 0 radical (unpaired) electrons. The van der Waals surface area contributed by atoms with Crippen molar-refractivity contribution < 1.29 is 14.3 Å². The van der Waals surface area contributed by atoms with Gasteiger partial charge in [0.2, 0.25) is 5.91 Å². The summed E-state index contributed by atoms with van der Waals surface area (Å²) in [7, 11) is 0. The smallest absolute Gasteiger partial charge is 0.326 e. The molecule has 3 aromatic rings. The quantitative estimate of drug-likeness (QED) is 0.508. The third kappa shape index (κ3) is 5.65. The number of esters is 1. The van der Waals surface area contributed by atoms with Crippen molar-refractivity contribution in [3.05, 3.63) is 82.8 Å². The molecule has 33 heavy (non-hydrogen) atoms. The Morgan fingerprint density at radius 1 is 1.03 bits per heavy atom. The fraction of sp³-hybridized carbons (Fsp3) is 0.280. The van der Waals surface area contributed by atoms with Gasteiger partial charge < -0.3 is 15.0 Å². The average molecular weight is 447 g/mol. The predicted octanol–water partition coefficient (Wildman–Crippen LogP) is 2.69. The lowest BCUT2D eigenvalue weighted by Gasteiger charge is -2.17. The molecule has 1 aliphatic rings. The molecule has 1 saturated heterocycles. The molecule has 0 aliphatic carbocycles. The lowest BCUT2D eigenvalue weighted by atomic mass is 10.1. The molecule has 4 rings (SSSR count). The molecule has 0 bridgehead atoms. The highest BCUT2D eigenvalue weighted by atomic mass is 16.5. The molecule has 2 aromatic carbocycles. The molecule has 1 fully saturated rings. The van der Waals surface area contributed by atoms with Gasteiger partial charge in [-0.05, 0) is 17.5 Å². The van der Waals surface area contributed by atoms with Crippen molar-refractivity contribution in [3.63, 3.8) is 0 Å². The first kappa shape index (κ1) is 22.3. The number of aromatic nitrogens is 2. The van der Waals surface area contributed by atoms with E-state index in [0.29, 0.717) is 25.2 Å². The summed E-state index contributed by atoms with van der Waals surface area (Å²) in [5, 5.41) is 3.02. The summed E-state index contributed by atoms with van der Waals surface area (Å²) in [6.45, 7) is 1.53. The van der Waals surface area contributed by atoms with E-state index >= 15 is 0 Å². The Morgan fingerprint density at radius 3 is 2.45 bits per heavy atom. The first-order chi connectivity index (χ1) is 16.1. The molecular formula is C25H26N4O4. The van der Waals surface area contributed by atoms with Gasteiger partial charge in [-0.2, -0.15) is 0 Å². The van der Waals surface area contributed by atoms with Gasteiger partial charge in [0, 0.05) is 26.1 Å². The van der Waals surface area contributed by atoms with E-state index in [9.17, 15) is 14.4 Å². The van der Waals surface area contributed by atoms with Crippen LogP contribution in [0.25, 0.3) is 11.3 Å². The van der Waals surface area contributed by atoms with Gasteiger partial charge in [0.05, 0.1) is 11.9 Å². The third-order valence-electron chi connectivity index (χ3n) is 5.50. The zero-order valence-electron chi connectivity index (χ0n) is 18.3. The van der Waals surface area contributed by atoms with E-state index in [1.165, 1.54) is 4.57 Å². The second-order valence-electron chi connectivity index (χ2n) is 7.81. The Bertz CT molecular complexity index is 1160. The van der Waals surface area contributed by atoms with Crippen molar-refractivity contribution in [1.29, 1.82) is 0 Å². The maximum atomic E-state index is 13.2. The molecule has 170 valence electrons. The van der Waals surface area contributed by atoms with Crippen LogP contribution in [0.1, 0.15) is 18.4 Å². The SMILES string of the molecule is O=C(Cn1c(-c2ccccc2)cnc(NCCN2CCCC2=O)c1=O)OCc1ccccc1. The van der Waals surface area contributed by atoms with Crippen molar-refractivity contribution in [2.75, 3.05) is 25.0 Å². The average Bonchev–Trinajstić information content (AvgIpc) is 3.26. The molecule has 2 heterocycles. The number of rotatable bonds is 9. The van der Waals surface area contributed by atoms with E-state index in [0.717, 1.165) is 24.1 Å². The van der Waals surface area contributed by atoms with Crippen molar-refractivity contribution in [2.24, 2.45) is 0 Å². The summed E-state index contributed by atoms with van der Waals surface area (Å²) in [6, 6.07) is 18.7. The van der Waals surface area contributed by atoms with E-state index in [-0.39, 0.29) is 24.9 Å². The molecule has 0 atom stereocenters. The Balaban J connectivity index is 1.51. The van der Waals surface area contributed by atoms with Gasteiger partial charge in [0.15, 0.2) is 5.82 Å². The zero-order valence-corrected chi connectivity index (χ0v) is 18.3. The highest BCUT2D eigenvalue weighted by molar-refractivity contribution is 5.78. The predicted molar refractivity (Wildman–Crippen MR) is 124 cm³/mol. The Labute approximate surface area is 191 Å². The van der Waals surface area contributed by atoms with Gasteiger partial charge in [-0.25, -0.2) is 4.98 Å². The van der Waals surface area contributed by atoms with Crippen LogP contribution in [0.2, 0.25) is 0 Å². The standard InChI is InChI=1S/C25H26N4O4/c30-22-12-7-14-28(22)15-13-26-24-25(32)29(21(16-27-24)20-10-5-2-6-11-20)17-23(31)33-18-19-8-3-1-4-9-19/h1-6,8-11,16H,7,12-15,17-18H2,(H,26,27). The summed E-state index contributed by atoms with van der Waals surface area (Å²) in [5.41, 5.74) is 1.75. The van der Waals surface area contributed by atoms with Crippen LogP contribution in [0.5, 0.6) is 0 Å². The van der Waals surface area contributed by atoms with Gasteiger partial charge in [-0.3, -0.25) is 19.0 Å². The fourth-order valence-electron chi connectivity index (χ4n) is 3.77. The second-order valence-corrected chi connectivity index (χ2v) is 7.81. The number of amides is 1. The summed E-state index contributed by atoms with van der Waals surface area (Å²) >= 11 is 0. The number of benzene rings is 2. The molecule has 1 aromatic heterocycles. The number of carbonyl (C=O) groups excluding carboxylic acids is 2. The summed E-state index contributed by atoms with van der Waals surface area (Å²) in [5.74, 6) is -0.252. The topological polar surface area (TPSA) is 93.5 Å². The number of nitrogens with zero attached hydrogens (tertiary/aromatic N) is 3. The van der Waals surface area contributed by atoms with Gasteiger partial charge >= 0.3 is 5.97 Å². The van der Waals surface area contributed by atoms with Crippen LogP contribution in [-0.2, 0) is 27.5 Å². The van der Waals surface area contributed by atoms with E-state index in [2.05, 4.69) is 10.3 Å². The van der Waals surface area contributed by atoms with Crippen LogP contribution in [-0.4, -0.2) is 46.0 Å². The first-order valence-corrected chi connectivity index (χ1v) is 11.0. The molecule has 0 unspecified atom stereocenters. The van der Waals surface area contributed by atoms with Crippen LogP contribution in [0, 0.1) is 0 Å². The molecule has 8 heteroatoms. The lowest BCUT2D eigenvalue weighted by molar-refractivity contribution is -0.145. The van der Waals surface area contributed by atoms with Crippen LogP contribution in [0.15, 0.2) is 71.7 Å². The number of hydrogen-bond donors (Lipinski definition) is 1. The minimum atomic E-state index is -0.516. The highest BCUT2D eigenvalue weighted by Gasteiger charge is 2.20. The van der Waals surface area contributed by atoms with Gasteiger partial charge in [-0.15, -0.1) is 0 Å². The van der Waals surface area contributed by atoms with Crippen molar-refractivity contribution in [2.45, 2.75) is 26.0 Å². The fourth-order valence-corrected chi connectivity index (χ4v) is 3.77. The number of nitrogens with one attached hydrogen (secondary N) is 1. The largest absolute Gasteiger partial charge is 0.459 e. The van der Waals surface area contributed by atoms with Crippen LogP contribution in [0.3, 0.4) is 0 Å². The molecular weight excluding hydrogens is 420 g/mol. The summed E-state index contributed by atoms with van der Waals surface area (Å²) < 4.78 is 6.77. The number of anilines is 1. The van der Waals surface area contributed by atoms with E-state index in [4.69, 9.17) is 4.74 Å². The molecule has 1 N–H and O–H groups in total. The summed E-state index contributed by atoms with van der Waals surface area (Å²) in [6.07, 6.45) is 3.01. The van der Waals surface area contributed by atoms with Crippen LogP contribution in [0.4, 0.5) is 5.82 Å². The maximum Gasteiger partial charge on any atom is 0.326 e. The second kappa shape index (κ2) is 10.6. The molecule has 8 nitrogen and oxygen atoms in total. The van der Waals surface area contributed by atoms with Crippen molar-refractivity contribution >= 4 is 17.7 Å².